The minimum atomic E-state index is -1.35. The van der Waals surface area contributed by atoms with Crippen molar-refractivity contribution < 1.29 is 34.1 Å². The van der Waals surface area contributed by atoms with Crippen LogP contribution in [0.2, 0.25) is 0 Å². The number of aliphatic hydroxyl groups is 1. The number of aliphatic carboxylic acids is 1. The summed E-state index contributed by atoms with van der Waals surface area (Å²) < 4.78 is 10.9. The highest BCUT2D eigenvalue weighted by Gasteiger charge is 2.31. The molecule has 3 amide bonds. The van der Waals surface area contributed by atoms with Crippen LogP contribution < -0.4 is 20.7 Å². The molecule has 2 aromatic carbocycles. The minimum Gasteiger partial charge on any atom is -0.481 e. The van der Waals surface area contributed by atoms with Crippen LogP contribution in [0.1, 0.15) is 54.7 Å². The van der Waals surface area contributed by atoms with Crippen LogP contribution >= 0.6 is 0 Å². The largest absolute Gasteiger partial charge is 0.481 e. The Balaban J connectivity index is 1.97. The third-order valence-electron chi connectivity index (χ3n) is 6.37. The molecular weight excluding hydrogens is 540 g/mol. The maximum atomic E-state index is 13.4. The van der Waals surface area contributed by atoms with E-state index in [4.69, 9.17) is 9.47 Å². The number of anilines is 2. The fourth-order valence-electron chi connectivity index (χ4n) is 4.53. The topological polar surface area (TPSA) is 159 Å². The standard InChI is InChI=1S/C31H38N4O7/c1-17-12-20(16-36)13-18(2)26(17)35-30(40)33-24-14-21(22-9-11-25(41-7)32-15-22)8-10-23(24)28(37)34-27(29(38)39)19(3)42-31(4,5)6/h8-15,19,27,36H,16H2,1-7H3,(H,34,37)(H,38,39)(H2,33,35,40). The number of amides is 3. The lowest BCUT2D eigenvalue weighted by molar-refractivity contribution is -0.146. The molecule has 3 rings (SSSR count). The second kappa shape index (κ2) is 13.5. The van der Waals surface area contributed by atoms with E-state index in [1.54, 1.807) is 70.3 Å². The van der Waals surface area contributed by atoms with Crippen molar-refractivity contribution in [2.75, 3.05) is 17.7 Å². The van der Waals surface area contributed by atoms with Gasteiger partial charge in [-0.05, 0) is 82.0 Å². The molecule has 224 valence electrons. The van der Waals surface area contributed by atoms with Crippen LogP contribution in [-0.2, 0) is 16.1 Å². The second-order valence-electron chi connectivity index (χ2n) is 10.9. The van der Waals surface area contributed by atoms with Crippen molar-refractivity contribution in [1.82, 2.24) is 10.3 Å². The Labute approximate surface area is 245 Å². The van der Waals surface area contributed by atoms with Crippen molar-refractivity contribution in [2.45, 2.75) is 65.9 Å². The number of hydrogen-bond donors (Lipinski definition) is 5. The third kappa shape index (κ3) is 8.27. The zero-order chi connectivity index (χ0) is 31.2. The van der Waals surface area contributed by atoms with E-state index in [0.717, 1.165) is 11.1 Å². The van der Waals surface area contributed by atoms with Crippen molar-refractivity contribution >= 4 is 29.3 Å². The number of hydrogen-bond acceptors (Lipinski definition) is 7. The predicted molar refractivity (Wildman–Crippen MR) is 160 cm³/mol. The number of ether oxygens (including phenoxy) is 2. The Morgan fingerprint density at radius 3 is 2.14 bits per heavy atom. The number of nitrogens with zero attached hydrogens (tertiary/aromatic N) is 1. The molecule has 0 spiro atoms. The van der Waals surface area contributed by atoms with Crippen LogP contribution in [0.4, 0.5) is 16.2 Å². The van der Waals surface area contributed by atoms with Crippen molar-refractivity contribution in [3.63, 3.8) is 0 Å². The molecular formula is C31H38N4O7. The third-order valence-corrected chi connectivity index (χ3v) is 6.37. The maximum absolute atomic E-state index is 13.4. The summed E-state index contributed by atoms with van der Waals surface area (Å²) in [5.74, 6) is -1.54. The number of aromatic nitrogens is 1. The highest BCUT2D eigenvalue weighted by Crippen LogP contribution is 2.28. The number of nitrogens with one attached hydrogen (secondary N) is 3. The molecule has 0 aliphatic heterocycles. The Morgan fingerprint density at radius 1 is 0.976 bits per heavy atom. The number of aryl methyl sites for hydroxylation is 2. The molecule has 42 heavy (non-hydrogen) atoms. The fraction of sp³-hybridized carbons (Fsp3) is 0.355. The first-order chi connectivity index (χ1) is 19.7. The Bertz CT molecular complexity index is 1430. The number of urea groups is 1. The van der Waals surface area contributed by atoms with Gasteiger partial charge in [0.05, 0.1) is 36.7 Å². The SMILES string of the molecule is COc1ccc(-c2ccc(C(=O)NC(C(=O)O)C(C)OC(C)(C)C)c(NC(=O)Nc3c(C)cc(CO)cc3C)c2)cn1. The van der Waals surface area contributed by atoms with Crippen molar-refractivity contribution in [1.29, 1.82) is 0 Å². The van der Waals surface area contributed by atoms with E-state index in [9.17, 15) is 24.6 Å². The normalized spacial score (nSPS) is 12.7. The maximum Gasteiger partial charge on any atom is 0.328 e. The molecule has 3 aromatic rings. The molecule has 2 atom stereocenters. The van der Waals surface area contributed by atoms with Gasteiger partial charge in [0.2, 0.25) is 5.88 Å². The predicted octanol–water partition coefficient (Wildman–Crippen LogP) is 4.90. The number of methoxy groups -OCH3 is 1. The van der Waals surface area contributed by atoms with E-state index in [2.05, 4.69) is 20.9 Å². The number of pyridine rings is 1. The highest BCUT2D eigenvalue weighted by molar-refractivity contribution is 6.08. The quantitative estimate of drug-likeness (QED) is 0.227. The first-order valence-corrected chi connectivity index (χ1v) is 13.4. The van der Waals surface area contributed by atoms with E-state index in [1.807, 2.05) is 13.8 Å². The van der Waals surface area contributed by atoms with Crippen LogP contribution in [0.15, 0.2) is 48.7 Å². The lowest BCUT2D eigenvalue weighted by Crippen LogP contribution is -2.50. The summed E-state index contributed by atoms with van der Waals surface area (Å²) >= 11 is 0. The minimum absolute atomic E-state index is 0.0497. The molecule has 0 bridgehead atoms. The number of carbonyl (C=O) groups is 3. The van der Waals surface area contributed by atoms with E-state index >= 15 is 0 Å². The van der Waals surface area contributed by atoms with Gasteiger partial charge in [-0.3, -0.25) is 4.79 Å². The number of rotatable bonds is 10. The lowest BCUT2D eigenvalue weighted by atomic mass is 10.0. The van der Waals surface area contributed by atoms with Gasteiger partial charge in [-0.2, -0.15) is 0 Å². The average molecular weight is 579 g/mol. The summed E-state index contributed by atoms with van der Waals surface area (Å²) in [5, 5.41) is 27.4. The van der Waals surface area contributed by atoms with Crippen LogP contribution in [-0.4, -0.2) is 58.0 Å². The molecule has 0 aliphatic carbocycles. The van der Waals surface area contributed by atoms with Gasteiger partial charge < -0.3 is 35.6 Å². The van der Waals surface area contributed by atoms with Crippen LogP contribution in [0.5, 0.6) is 5.88 Å². The van der Waals surface area contributed by atoms with Gasteiger partial charge in [0, 0.05) is 23.5 Å². The zero-order valence-electron chi connectivity index (χ0n) is 24.9. The fourth-order valence-corrected chi connectivity index (χ4v) is 4.53. The van der Waals surface area contributed by atoms with E-state index < -0.39 is 35.7 Å². The first-order valence-electron chi connectivity index (χ1n) is 13.4. The van der Waals surface area contributed by atoms with E-state index in [1.165, 1.54) is 13.2 Å². The molecule has 0 saturated carbocycles. The second-order valence-corrected chi connectivity index (χ2v) is 10.9. The van der Waals surface area contributed by atoms with Gasteiger partial charge in [-0.15, -0.1) is 0 Å². The number of aliphatic hydroxyl groups excluding tert-OH is 1. The molecule has 11 heteroatoms. The molecule has 2 unspecified atom stereocenters. The summed E-state index contributed by atoms with van der Waals surface area (Å²) in [5.41, 5.74) is 3.69. The summed E-state index contributed by atoms with van der Waals surface area (Å²) in [7, 11) is 1.51. The zero-order valence-corrected chi connectivity index (χ0v) is 24.9. The Morgan fingerprint density at radius 2 is 1.62 bits per heavy atom. The van der Waals surface area contributed by atoms with Crippen LogP contribution in [0, 0.1) is 13.8 Å². The van der Waals surface area contributed by atoms with E-state index in [0.29, 0.717) is 28.3 Å². The smallest absolute Gasteiger partial charge is 0.328 e. The van der Waals surface area contributed by atoms with Gasteiger partial charge in [0.25, 0.3) is 5.91 Å². The van der Waals surface area contributed by atoms with Crippen molar-refractivity contribution in [2.24, 2.45) is 0 Å². The molecule has 1 aromatic heterocycles. The van der Waals surface area contributed by atoms with E-state index in [-0.39, 0.29) is 17.9 Å². The molecule has 1 heterocycles. The number of carboxylic acid groups (broad SMARTS) is 1. The average Bonchev–Trinajstić information content (AvgIpc) is 2.92. The van der Waals surface area contributed by atoms with Crippen LogP contribution in [0.3, 0.4) is 0 Å². The number of carbonyl (C=O) groups excluding carboxylic acids is 2. The lowest BCUT2D eigenvalue weighted by Gasteiger charge is -2.29. The molecule has 0 saturated heterocycles. The Hall–Kier alpha value is -4.48. The number of benzene rings is 2. The van der Waals surface area contributed by atoms with Gasteiger partial charge in [0.1, 0.15) is 0 Å². The molecule has 5 N–H and O–H groups in total. The summed E-state index contributed by atoms with van der Waals surface area (Å²) in [4.78, 5) is 42.9. The number of carboxylic acids is 1. The van der Waals surface area contributed by atoms with Gasteiger partial charge in [0.15, 0.2) is 6.04 Å². The van der Waals surface area contributed by atoms with Crippen molar-refractivity contribution in [3.8, 4) is 17.0 Å². The van der Waals surface area contributed by atoms with Gasteiger partial charge >= 0.3 is 12.0 Å². The van der Waals surface area contributed by atoms with Crippen LogP contribution in [0.25, 0.3) is 11.1 Å². The summed E-state index contributed by atoms with van der Waals surface area (Å²) in [6, 6.07) is 9.83. The van der Waals surface area contributed by atoms with Crippen molar-refractivity contribution in [3.05, 3.63) is 70.9 Å². The highest BCUT2D eigenvalue weighted by atomic mass is 16.5. The monoisotopic (exact) mass is 578 g/mol. The molecule has 11 nitrogen and oxygen atoms in total. The Kier molecular flexibility index (Phi) is 10.3. The summed E-state index contributed by atoms with van der Waals surface area (Å²) in [6.45, 7) is 10.4. The van der Waals surface area contributed by atoms with Gasteiger partial charge in [-0.1, -0.05) is 18.2 Å². The van der Waals surface area contributed by atoms with Gasteiger partial charge in [-0.25, -0.2) is 14.6 Å². The first kappa shape index (κ1) is 32.0. The molecule has 0 radical (unpaired) electrons. The summed E-state index contributed by atoms with van der Waals surface area (Å²) in [6.07, 6.45) is 0.753. The molecule has 0 aliphatic rings. The molecule has 0 fully saturated rings.